The summed E-state index contributed by atoms with van der Waals surface area (Å²) in [7, 11) is 0. The van der Waals surface area contributed by atoms with Gasteiger partial charge in [0, 0.05) is 18.9 Å². The number of nitrogens with one attached hydrogen (secondary N) is 1. The fourth-order valence-corrected chi connectivity index (χ4v) is 3.94. The summed E-state index contributed by atoms with van der Waals surface area (Å²) in [5, 5.41) is 3.04. The van der Waals surface area contributed by atoms with Gasteiger partial charge in [-0.25, -0.2) is 4.79 Å². The van der Waals surface area contributed by atoms with Crippen LogP contribution in [0.2, 0.25) is 0 Å². The zero-order valence-electron chi connectivity index (χ0n) is 19.4. The Hall–Kier alpha value is -2.86. The average molecular weight is 440 g/mol. The molecule has 0 spiro atoms. The Morgan fingerprint density at radius 3 is 2.53 bits per heavy atom. The Bertz CT molecular complexity index is 949. The van der Waals surface area contributed by atoms with Gasteiger partial charge in [-0.3, -0.25) is 4.79 Å². The number of anilines is 1. The average Bonchev–Trinajstić information content (AvgIpc) is 2.80. The summed E-state index contributed by atoms with van der Waals surface area (Å²) >= 11 is 0. The van der Waals surface area contributed by atoms with Crippen LogP contribution in [0.3, 0.4) is 0 Å². The first-order valence-corrected chi connectivity index (χ1v) is 11.3. The van der Waals surface area contributed by atoms with Gasteiger partial charge in [-0.05, 0) is 63.8 Å². The van der Waals surface area contributed by atoms with Crippen molar-refractivity contribution in [2.24, 2.45) is 0 Å². The molecule has 1 atom stereocenters. The molecule has 32 heavy (non-hydrogen) atoms. The fourth-order valence-electron chi connectivity index (χ4n) is 3.94. The molecule has 1 N–H and O–H groups in total. The van der Waals surface area contributed by atoms with E-state index in [1.54, 1.807) is 25.1 Å². The molecule has 0 radical (unpaired) electrons. The smallest absolute Gasteiger partial charge is 0.341 e. The lowest BCUT2D eigenvalue weighted by Crippen LogP contribution is -2.44. The van der Waals surface area contributed by atoms with Crippen molar-refractivity contribution in [2.45, 2.75) is 58.5 Å². The maximum absolute atomic E-state index is 13.6. The van der Waals surface area contributed by atoms with Gasteiger partial charge in [-0.15, -0.1) is 0 Å². The van der Waals surface area contributed by atoms with Gasteiger partial charge in [0.05, 0.1) is 18.1 Å². The highest BCUT2D eigenvalue weighted by Gasteiger charge is 2.42. The monoisotopic (exact) mass is 439 g/mol. The van der Waals surface area contributed by atoms with Crippen LogP contribution in [0, 0.1) is 6.92 Å². The predicted molar refractivity (Wildman–Crippen MR) is 124 cm³/mol. The lowest BCUT2D eigenvalue weighted by Gasteiger charge is -2.36. The minimum Gasteiger partial charge on any atom is -0.490 e. The number of carbonyl (C=O) groups excluding carboxylic acids is 2. The minimum atomic E-state index is -0.680. The number of aryl methyl sites for hydroxylation is 1. The summed E-state index contributed by atoms with van der Waals surface area (Å²) in [5.41, 5.74) is 2.26. The van der Waals surface area contributed by atoms with Crippen LogP contribution < -0.4 is 10.1 Å². The number of ether oxygens (including phenoxy) is 3. The third kappa shape index (κ3) is 5.30. The molecule has 3 rings (SSSR count). The molecule has 1 saturated heterocycles. The van der Waals surface area contributed by atoms with Crippen LogP contribution in [0.1, 0.15) is 61.5 Å². The van der Waals surface area contributed by atoms with Crippen LogP contribution >= 0.6 is 0 Å². The Balaban J connectivity index is 1.92. The number of esters is 1. The van der Waals surface area contributed by atoms with E-state index in [0.717, 1.165) is 17.5 Å². The Morgan fingerprint density at radius 1 is 1.12 bits per heavy atom. The summed E-state index contributed by atoms with van der Waals surface area (Å²) in [5.74, 6) is -0.117. The molecule has 1 unspecified atom stereocenters. The van der Waals surface area contributed by atoms with E-state index in [4.69, 9.17) is 14.2 Å². The van der Waals surface area contributed by atoms with E-state index in [1.165, 1.54) is 0 Å². The molecule has 2 aromatic carbocycles. The first-order valence-electron chi connectivity index (χ1n) is 11.3. The molecule has 0 aliphatic carbocycles. The third-order valence-electron chi connectivity index (χ3n) is 5.99. The molecule has 0 saturated carbocycles. The highest BCUT2D eigenvalue weighted by molar-refractivity contribution is 6.01. The van der Waals surface area contributed by atoms with Crippen LogP contribution in [0.15, 0.2) is 42.5 Å². The Kier molecular flexibility index (Phi) is 7.91. The zero-order chi connectivity index (χ0) is 23.1. The highest BCUT2D eigenvalue weighted by Crippen LogP contribution is 2.37. The molecule has 6 heteroatoms. The van der Waals surface area contributed by atoms with E-state index in [9.17, 15) is 9.59 Å². The molecule has 0 bridgehead atoms. The summed E-state index contributed by atoms with van der Waals surface area (Å²) in [6, 6.07) is 13.2. The molecule has 0 aromatic heterocycles. The van der Waals surface area contributed by atoms with E-state index in [2.05, 4.69) is 11.4 Å². The molecule has 1 aliphatic heterocycles. The molecular formula is C26H33NO5. The van der Waals surface area contributed by atoms with Crippen molar-refractivity contribution in [3.8, 4) is 5.75 Å². The Morgan fingerprint density at radius 2 is 1.88 bits per heavy atom. The van der Waals surface area contributed by atoms with E-state index in [1.807, 2.05) is 39.0 Å². The molecule has 2 aromatic rings. The van der Waals surface area contributed by atoms with E-state index in [-0.39, 0.29) is 18.6 Å². The number of carbonyl (C=O) groups is 2. The third-order valence-corrected chi connectivity index (χ3v) is 5.99. The first-order chi connectivity index (χ1) is 15.4. The summed E-state index contributed by atoms with van der Waals surface area (Å²) < 4.78 is 16.7. The van der Waals surface area contributed by atoms with Crippen LogP contribution in [-0.4, -0.2) is 37.8 Å². The number of benzene rings is 2. The number of hydrogen-bond acceptors (Lipinski definition) is 5. The van der Waals surface area contributed by atoms with Crippen molar-refractivity contribution in [2.75, 3.05) is 25.1 Å². The predicted octanol–water partition coefficient (Wildman–Crippen LogP) is 5.04. The zero-order valence-corrected chi connectivity index (χ0v) is 19.4. The van der Waals surface area contributed by atoms with Crippen LogP contribution in [0.4, 0.5) is 5.69 Å². The maximum atomic E-state index is 13.6. The normalized spacial score (nSPS) is 16.1. The number of amides is 1. The van der Waals surface area contributed by atoms with Crippen molar-refractivity contribution >= 4 is 17.6 Å². The number of hydrogen-bond donors (Lipinski definition) is 1. The van der Waals surface area contributed by atoms with Crippen molar-refractivity contribution in [1.82, 2.24) is 0 Å². The minimum absolute atomic E-state index is 0.0459. The van der Waals surface area contributed by atoms with E-state index >= 15 is 0 Å². The molecular weight excluding hydrogens is 406 g/mol. The van der Waals surface area contributed by atoms with Crippen LogP contribution in [0.25, 0.3) is 0 Å². The standard InChI is InChI=1S/C26H33NO5/c1-5-19(4)32-23-11-10-21(17-22(23)24(28)31-6-2)27-25(29)26(12-14-30-15-13-26)20-9-7-8-18(3)16-20/h7-11,16-17,19H,5-6,12-15H2,1-4H3,(H,27,29). The van der Waals surface area contributed by atoms with Crippen LogP contribution in [-0.2, 0) is 19.7 Å². The fraction of sp³-hybridized carbons (Fsp3) is 0.462. The SMILES string of the molecule is CCOC(=O)c1cc(NC(=O)C2(c3cccc(C)c3)CCOCC2)ccc1OC(C)CC. The summed E-state index contributed by atoms with van der Waals surface area (Å²) in [6.07, 6.45) is 1.96. The quantitative estimate of drug-likeness (QED) is 0.584. The number of rotatable bonds is 8. The van der Waals surface area contributed by atoms with Crippen molar-refractivity contribution in [1.29, 1.82) is 0 Å². The van der Waals surface area contributed by atoms with E-state index in [0.29, 0.717) is 43.1 Å². The second kappa shape index (κ2) is 10.6. The Labute approximate surface area is 190 Å². The van der Waals surface area contributed by atoms with Gasteiger partial charge in [0.15, 0.2) is 0 Å². The molecule has 6 nitrogen and oxygen atoms in total. The van der Waals surface area contributed by atoms with Gasteiger partial charge in [0.25, 0.3) is 0 Å². The van der Waals surface area contributed by atoms with Gasteiger partial charge < -0.3 is 19.5 Å². The molecule has 1 fully saturated rings. The van der Waals surface area contributed by atoms with Crippen LogP contribution in [0.5, 0.6) is 5.75 Å². The molecule has 1 heterocycles. The first kappa shape index (κ1) is 23.8. The molecule has 1 aliphatic rings. The summed E-state index contributed by atoms with van der Waals surface area (Å²) in [4.78, 5) is 26.2. The largest absolute Gasteiger partial charge is 0.490 e. The summed E-state index contributed by atoms with van der Waals surface area (Å²) in [6.45, 7) is 9.05. The lowest BCUT2D eigenvalue weighted by atomic mass is 9.73. The highest BCUT2D eigenvalue weighted by atomic mass is 16.5. The van der Waals surface area contributed by atoms with Crippen molar-refractivity contribution in [3.63, 3.8) is 0 Å². The van der Waals surface area contributed by atoms with Gasteiger partial charge in [0.1, 0.15) is 11.3 Å². The van der Waals surface area contributed by atoms with Gasteiger partial charge in [-0.1, -0.05) is 36.8 Å². The second-order valence-corrected chi connectivity index (χ2v) is 8.29. The van der Waals surface area contributed by atoms with Crippen molar-refractivity contribution in [3.05, 3.63) is 59.2 Å². The van der Waals surface area contributed by atoms with E-state index < -0.39 is 11.4 Å². The topological polar surface area (TPSA) is 73.9 Å². The van der Waals surface area contributed by atoms with Gasteiger partial charge in [0.2, 0.25) is 5.91 Å². The van der Waals surface area contributed by atoms with Crippen molar-refractivity contribution < 1.29 is 23.8 Å². The lowest BCUT2D eigenvalue weighted by molar-refractivity contribution is -0.125. The van der Waals surface area contributed by atoms with Gasteiger partial charge in [-0.2, -0.15) is 0 Å². The molecule has 172 valence electrons. The maximum Gasteiger partial charge on any atom is 0.341 e. The molecule has 1 amide bonds. The van der Waals surface area contributed by atoms with Gasteiger partial charge >= 0.3 is 5.97 Å². The second-order valence-electron chi connectivity index (χ2n) is 8.29.